The number of pyridine rings is 1. The Labute approximate surface area is 99.9 Å². The van der Waals surface area contributed by atoms with Crippen LogP contribution in [0.4, 0.5) is 0 Å². The third-order valence-electron chi connectivity index (χ3n) is 3.11. The number of aromatic nitrogens is 3. The van der Waals surface area contributed by atoms with Crippen LogP contribution in [0.15, 0.2) is 24.4 Å². The van der Waals surface area contributed by atoms with E-state index in [1.165, 1.54) is 5.56 Å². The molecule has 0 amide bonds. The maximum absolute atomic E-state index is 4.69. The molecule has 1 aromatic carbocycles. The molecular weight excluding hydrogens is 210 g/mol. The van der Waals surface area contributed by atoms with Gasteiger partial charge in [0.1, 0.15) is 5.82 Å². The molecule has 2 aromatic heterocycles. The first-order valence-corrected chi connectivity index (χ1v) is 5.91. The fourth-order valence-electron chi connectivity index (χ4n) is 2.13. The second kappa shape index (κ2) is 3.55. The Morgan fingerprint density at radius 1 is 1.18 bits per heavy atom. The summed E-state index contributed by atoms with van der Waals surface area (Å²) in [4.78, 5) is 12.5. The minimum absolute atomic E-state index is 0.405. The van der Waals surface area contributed by atoms with E-state index in [2.05, 4.69) is 53.9 Å². The van der Waals surface area contributed by atoms with Crippen molar-refractivity contribution in [2.75, 3.05) is 0 Å². The molecule has 3 aromatic rings. The third kappa shape index (κ3) is 1.50. The van der Waals surface area contributed by atoms with Crippen LogP contribution in [-0.4, -0.2) is 15.0 Å². The number of para-hydroxylation sites is 1. The number of fused-ring (bicyclic) bond motifs is 3. The Kier molecular flexibility index (Phi) is 2.15. The van der Waals surface area contributed by atoms with Crippen LogP contribution in [0.25, 0.3) is 21.9 Å². The number of rotatable bonds is 1. The summed E-state index contributed by atoms with van der Waals surface area (Å²) in [7, 11) is 0. The Balaban J connectivity index is 2.43. The molecule has 0 aliphatic heterocycles. The summed E-state index contributed by atoms with van der Waals surface area (Å²) in [5.74, 6) is 1.43. The summed E-state index contributed by atoms with van der Waals surface area (Å²) >= 11 is 0. The van der Waals surface area contributed by atoms with Gasteiger partial charge in [0.25, 0.3) is 0 Å². The summed E-state index contributed by atoms with van der Waals surface area (Å²) < 4.78 is 0. The van der Waals surface area contributed by atoms with E-state index in [9.17, 15) is 0 Å². The van der Waals surface area contributed by atoms with E-state index < -0.39 is 0 Å². The molecule has 3 rings (SSSR count). The van der Waals surface area contributed by atoms with Crippen LogP contribution in [0.2, 0.25) is 0 Å². The number of hydrogen-bond acceptors (Lipinski definition) is 2. The van der Waals surface area contributed by atoms with Gasteiger partial charge >= 0.3 is 0 Å². The fourth-order valence-corrected chi connectivity index (χ4v) is 2.13. The Bertz CT molecular complexity index is 695. The van der Waals surface area contributed by atoms with Crippen molar-refractivity contribution in [2.24, 2.45) is 0 Å². The van der Waals surface area contributed by atoms with E-state index in [1.54, 1.807) is 0 Å². The standard InChI is InChI=1S/C14H15N3/c1-8(2)14-16-11-7-15-12-9(3)5-4-6-10(12)13(11)17-14/h4-8H,1-3H3,(H,16,17). The van der Waals surface area contributed by atoms with Crippen LogP contribution in [0.5, 0.6) is 0 Å². The van der Waals surface area contributed by atoms with E-state index in [1.807, 2.05) is 6.20 Å². The highest BCUT2D eigenvalue weighted by Crippen LogP contribution is 2.25. The normalized spacial score (nSPS) is 11.8. The van der Waals surface area contributed by atoms with E-state index in [0.717, 1.165) is 27.8 Å². The van der Waals surface area contributed by atoms with Crippen molar-refractivity contribution in [3.8, 4) is 0 Å². The quantitative estimate of drug-likeness (QED) is 0.688. The van der Waals surface area contributed by atoms with E-state index in [0.29, 0.717) is 5.92 Å². The molecule has 0 unspecified atom stereocenters. The lowest BCUT2D eigenvalue weighted by molar-refractivity contribution is 0.799. The molecule has 0 saturated heterocycles. The molecule has 86 valence electrons. The smallest absolute Gasteiger partial charge is 0.109 e. The number of nitrogens with one attached hydrogen (secondary N) is 1. The van der Waals surface area contributed by atoms with Crippen molar-refractivity contribution in [3.05, 3.63) is 35.8 Å². The van der Waals surface area contributed by atoms with E-state index in [4.69, 9.17) is 0 Å². The van der Waals surface area contributed by atoms with Gasteiger partial charge in [0.05, 0.1) is 22.7 Å². The van der Waals surface area contributed by atoms with Gasteiger partial charge in [-0.15, -0.1) is 0 Å². The maximum atomic E-state index is 4.69. The topological polar surface area (TPSA) is 41.6 Å². The van der Waals surface area contributed by atoms with Crippen molar-refractivity contribution in [3.63, 3.8) is 0 Å². The lowest BCUT2D eigenvalue weighted by Gasteiger charge is -2.00. The molecule has 0 aliphatic carbocycles. The zero-order valence-corrected chi connectivity index (χ0v) is 10.3. The summed E-state index contributed by atoms with van der Waals surface area (Å²) in [6.45, 7) is 6.36. The number of benzene rings is 1. The second-order valence-corrected chi connectivity index (χ2v) is 4.77. The van der Waals surface area contributed by atoms with Crippen molar-refractivity contribution in [2.45, 2.75) is 26.7 Å². The first-order valence-electron chi connectivity index (χ1n) is 5.91. The van der Waals surface area contributed by atoms with Gasteiger partial charge in [0, 0.05) is 11.3 Å². The average molecular weight is 225 g/mol. The van der Waals surface area contributed by atoms with Gasteiger partial charge in [-0.05, 0) is 12.5 Å². The molecule has 0 bridgehead atoms. The van der Waals surface area contributed by atoms with Gasteiger partial charge < -0.3 is 4.98 Å². The minimum atomic E-state index is 0.405. The molecule has 0 aliphatic rings. The van der Waals surface area contributed by atoms with Gasteiger partial charge in [0.15, 0.2) is 0 Å². The monoisotopic (exact) mass is 225 g/mol. The molecule has 2 heterocycles. The number of hydrogen-bond donors (Lipinski definition) is 1. The molecule has 0 atom stereocenters. The highest BCUT2D eigenvalue weighted by Gasteiger charge is 2.10. The lowest BCUT2D eigenvalue weighted by atomic mass is 10.1. The third-order valence-corrected chi connectivity index (χ3v) is 3.11. The van der Waals surface area contributed by atoms with Gasteiger partial charge in [-0.25, -0.2) is 4.98 Å². The van der Waals surface area contributed by atoms with E-state index in [-0.39, 0.29) is 0 Å². The number of H-pyrrole nitrogens is 1. The molecule has 3 heteroatoms. The first kappa shape index (κ1) is 10.3. The maximum Gasteiger partial charge on any atom is 0.109 e. The zero-order valence-electron chi connectivity index (χ0n) is 10.3. The Hall–Kier alpha value is -1.90. The van der Waals surface area contributed by atoms with Crippen molar-refractivity contribution in [1.29, 1.82) is 0 Å². The Morgan fingerprint density at radius 2 is 2.00 bits per heavy atom. The summed E-state index contributed by atoms with van der Waals surface area (Å²) in [6.07, 6.45) is 1.88. The largest absolute Gasteiger partial charge is 0.340 e. The highest BCUT2D eigenvalue weighted by atomic mass is 14.9. The number of imidazole rings is 1. The summed E-state index contributed by atoms with van der Waals surface area (Å²) in [5.41, 5.74) is 4.29. The minimum Gasteiger partial charge on any atom is -0.340 e. The highest BCUT2D eigenvalue weighted by molar-refractivity contribution is 6.02. The molecule has 0 spiro atoms. The molecular formula is C14H15N3. The zero-order chi connectivity index (χ0) is 12.0. The summed E-state index contributed by atoms with van der Waals surface area (Å²) in [6, 6.07) is 6.22. The van der Waals surface area contributed by atoms with Gasteiger partial charge in [-0.2, -0.15) is 0 Å². The van der Waals surface area contributed by atoms with Gasteiger partial charge in [-0.1, -0.05) is 32.0 Å². The fraction of sp³-hybridized carbons (Fsp3) is 0.286. The van der Waals surface area contributed by atoms with Crippen LogP contribution in [0.1, 0.15) is 31.2 Å². The predicted molar refractivity (Wildman–Crippen MR) is 70.2 cm³/mol. The molecule has 3 nitrogen and oxygen atoms in total. The van der Waals surface area contributed by atoms with Crippen LogP contribution in [-0.2, 0) is 0 Å². The predicted octanol–water partition coefficient (Wildman–Crippen LogP) is 3.54. The molecule has 1 N–H and O–H groups in total. The summed E-state index contributed by atoms with van der Waals surface area (Å²) in [5, 5.41) is 1.13. The number of nitrogens with zero attached hydrogens (tertiary/aromatic N) is 2. The van der Waals surface area contributed by atoms with Crippen LogP contribution >= 0.6 is 0 Å². The van der Waals surface area contributed by atoms with Crippen molar-refractivity contribution in [1.82, 2.24) is 15.0 Å². The SMILES string of the molecule is Cc1cccc2c1ncc1[nH]c(C(C)C)nc12. The van der Waals surface area contributed by atoms with Crippen LogP contribution in [0.3, 0.4) is 0 Å². The molecule has 17 heavy (non-hydrogen) atoms. The van der Waals surface area contributed by atoms with Crippen molar-refractivity contribution >= 4 is 21.9 Å². The van der Waals surface area contributed by atoms with Gasteiger partial charge in [0.2, 0.25) is 0 Å². The first-order chi connectivity index (χ1) is 8.16. The van der Waals surface area contributed by atoms with Crippen molar-refractivity contribution < 1.29 is 0 Å². The van der Waals surface area contributed by atoms with Crippen LogP contribution < -0.4 is 0 Å². The molecule has 0 fully saturated rings. The molecule has 0 saturated carbocycles. The molecule has 0 radical (unpaired) electrons. The lowest BCUT2D eigenvalue weighted by Crippen LogP contribution is -1.88. The average Bonchev–Trinajstić information content (AvgIpc) is 2.73. The Morgan fingerprint density at radius 3 is 2.76 bits per heavy atom. The van der Waals surface area contributed by atoms with Gasteiger partial charge in [-0.3, -0.25) is 4.98 Å². The second-order valence-electron chi connectivity index (χ2n) is 4.77. The van der Waals surface area contributed by atoms with E-state index >= 15 is 0 Å². The number of aromatic amines is 1. The van der Waals surface area contributed by atoms with Crippen LogP contribution in [0, 0.1) is 6.92 Å². The number of aryl methyl sites for hydroxylation is 1.